The van der Waals surface area contributed by atoms with Crippen LogP contribution in [0.3, 0.4) is 0 Å². The van der Waals surface area contributed by atoms with Gasteiger partial charge in [-0.15, -0.1) is 0 Å². The van der Waals surface area contributed by atoms with Gasteiger partial charge in [-0.25, -0.2) is 9.59 Å². The van der Waals surface area contributed by atoms with Crippen LogP contribution in [0.2, 0.25) is 0 Å². The Morgan fingerprint density at radius 3 is 2.33 bits per heavy atom. The first-order chi connectivity index (χ1) is 12.4. The number of carbonyl (C=O) groups is 3. The smallest absolute Gasteiger partial charge is 0.411 e. The van der Waals surface area contributed by atoms with Crippen LogP contribution in [0, 0.1) is 5.41 Å². The van der Waals surface area contributed by atoms with Crippen LogP contribution in [0.5, 0.6) is 0 Å². The summed E-state index contributed by atoms with van der Waals surface area (Å²) in [6.45, 7) is 4.38. The molecule has 1 heterocycles. The van der Waals surface area contributed by atoms with Crippen molar-refractivity contribution in [1.82, 2.24) is 4.90 Å². The number of ether oxygens (including phenoxy) is 1. The van der Waals surface area contributed by atoms with E-state index in [1.807, 2.05) is 0 Å². The summed E-state index contributed by atoms with van der Waals surface area (Å²) in [5, 5.41) is 30.3. The maximum Gasteiger partial charge on any atom is 0.411 e. The molecule has 0 saturated carbocycles. The second-order valence-electron chi connectivity index (χ2n) is 7.55. The van der Waals surface area contributed by atoms with E-state index in [2.05, 4.69) is 15.9 Å². The second kappa shape index (κ2) is 7.47. The van der Waals surface area contributed by atoms with E-state index in [1.165, 1.54) is 0 Å². The predicted molar refractivity (Wildman–Crippen MR) is 98.2 cm³/mol. The van der Waals surface area contributed by atoms with Crippen LogP contribution >= 0.6 is 15.9 Å². The Morgan fingerprint density at radius 1 is 1.26 bits per heavy atom. The molecule has 1 unspecified atom stereocenters. The Kier molecular flexibility index (Phi) is 5.86. The topological polar surface area (TPSA) is 124 Å². The number of benzene rings is 1. The Labute approximate surface area is 164 Å². The van der Waals surface area contributed by atoms with Gasteiger partial charge in [-0.2, -0.15) is 0 Å². The zero-order valence-electron chi connectivity index (χ0n) is 15.2. The molecule has 27 heavy (non-hydrogen) atoms. The minimum absolute atomic E-state index is 0.301. The van der Waals surface area contributed by atoms with Crippen molar-refractivity contribution in [3.63, 3.8) is 0 Å². The van der Waals surface area contributed by atoms with Gasteiger partial charge in [0.25, 0.3) is 0 Å². The van der Waals surface area contributed by atoms with Crippen LogP contribution in [0.4, 0.5) is 4.79 Å². The number of carbonyl (C=O) groups excluding carboxylic acids is 1. The van der Waals surface area contributed by atoms with Gasteiger partial charge in [-0.1, -0.05) is 34.1 Å². The zero-order valence-corrected chi connectivity index (χ0v) is 16.8. The first-order valence-electron chi connectivity index (χ1n) is 8.27. The highest BCUT2D eigenvalue weighted by atomic mass is 79.9. The first-order valence-corrected chi connectivity index (χ1v) is 9.06. The van der Waals surface area contributed by atoms with E-state index >= 15 is 0 Å². The van der Waals surface area contributed by atoms with Crippen LogP contribution in [0.15, 0.2) is 28.7 Å². The minimum Gasteiger partial charge on any atom is -0.481 e. The number of hydrogen-bond acceptors (Lipinski definition) is 5. The maximum atomic E-state index is 12.5. The predicted octanol–water partition coefficient (Wildman–Crippen LogP) is 2.65. The Bertz CT molecular complexity index is 760. The largest absolute Gasteiger partial charge is 0.481 e. The third-order valence-electron chi connectivity index (χ3n) is 4.45. The number of aliphatic carboxylic acids is 2. The third-order valence-corrected chi connectivity index (χ3v) is 5.17. The fourth-order valence-corrected chi connectivity index (χ4v) is 3.63. The van der Waals surface area contributed by atoms with Gasteiger partial charge in [0.15, 0.2) is 0 Å². The molecule has 148 valence electrons. The Hall–Kier alpha value is -2.13. The number of aliphatic hydroxyl groups is 1. The van der Waals surface area contributed by atoms with E-state index < -0.39 is 54.2 Å². The quantitative estimate of drug-likeness (QED) is 0.652. The van der Waals surface area contributed by atoms with E-state index in [-0.39, 0.29) is 0 Å². The molecular weight excluding hydrogens is 422 g/mol. The number of hydrogen-bond donors (Lipinski definition) is 3. The standard InChI is InChI=1S/C18H22BrNO7/c1-17(2,3)27-16(26)20-9-18(15(24)25,8-12(20)14(22)23)13(21)10-6-4-5-7-11(10)19/h4-7,12-13,21H,8-9H2,1-3H3,(H,22,23)(H,24,25)/t12-,13?,18-/m0/s1. The summed E-state index contributed by atoms with van der Waals surface area (Å²) in [5.41, 5.74) is -2.46. The van der Waals surface area contributed by atoms with Gasteiger partial charge in [0, 0.05) is 11.0 Å². The molecule has 0 bridgehead atoms. The number of carboxylic acid groups (broad SMARTS) is 2. The lowest BCUT2D eigenvalue weighted by atomic mass is 9.77. The molecule has 0 radical (unpaired) electrons. The highest BCUT2D eigenvalue weighted by molar-refractivity contribution is 9.10. The molecule has 1 aliphatic heterocycles. The normalized spacial score (nSPS) is 23.7. The SMILES string of the molecule is CC(C)(C)OC(=O)N1C[C@](C(=O)O)(C(O)c2ccccc2Br)C[C@H]1C(=O)O. The van der Waals surface area contributed by atoms with E-state index in [0.717, 1.165) is 4.90 Å². The molecule has 0 spiro atoms. The first kappa shape index (κ1) is 21.2. The summed E-state index contributed by atoms with van der Waals surface area (Å²) in [6, 6.07) is 5.10. The van der Waals surface area contributed by atoms with Crippen LogP contribution in [-0.2, 0) is 14.3 Å². The molecule has 9 heteroatoms. The number of halogens is 1. The lowest BCUT2D eigenvalue weighted by Crippen LogP contribution is -2.45. The van der Waals surface area contributed by atoms with Crippen molar-refractivity contribution in [3.8, 4) is 0 Å². The fourth-order valence-electron chi connectivity index (χ4n) is 3.13. The van der Waals surface area contributed by atoms with Crippen molar-refractivity contribution in [2.24, 2.45) is 5.41 Å². The second-order valence-corrected chi connectivity index (χ2v) is 8.41. The van der Waals surface area contributed by atoms with Gasteiger partial charge in [0.1, 0.15) is 17.1 Å². The van der Waals surface area contributed by atoms with Gasteiger partial charge in [-0.05, 0) is 38.8 Å². The monoisotopic (exact) mass is 443 g/mol. The molecule has 3 atom stereocenters. The molecule has 1 fully saturated rings. The summed E-state index contributed by atoms with van der Waals surface area (Å²) in [7, 11) is 0. The van der Waals surface area contributed by atoms with Crippen molar-refractivity contribution in [2.45, 2.75) is 44.9 Å². The molecule has 1 aliphatic rings. The molecular formula is C18H22BrNO7. The van der Waals surface area contributed by atoms with Crippen molar-refractivity contribution < 1.29 is 34.4 Å². The fraction of sp³-hybridized carbons (Fsp3) is 0.500. The molecule has 0 aromatic heterocycles. The molecule has 1 saturated heterocycles. The molecule has 1 aromatic carbocycles. The average Bonchev–Trinajstić information content (AvgIpc) is 2.95. The molecule has 2 rings (SSSR count). The molecule has 1 amide bonds. The van der Waals surface area contributed by atoms with Crippen molar-refractivity contribution >= 4 is 34.0 Å². The van der Waals surface area contributed by atoms with Crippen LogP contribution in [0.1, 0.15) is 38.9 Å². The van der Waals surface area contributed by atoms with E-state index in [9.17, 15) is 29.7 Å². The summed E-state index contributed by atoms with van der Waals surface area (Å²) < 4.78 is 5.71. The zero-order chi connectivity index (χ0) is 20.6. The van der Waals surface area contributed by atoms with E-state index in [4.69, 9.17) is 4.74 Å². The average molecular weight is 444 g/mol. The number of amides is 1. The van der Waals surface area contributed by atoms with Crippen LogP contribution < -0.4 is 0 Å². The third kappa shape index (κ3) is 4.24. The van der Waals surface area contributed by atoms with Crippen molar-refractivity contribution in [3.05, 3.63) is 34.3 Å². The lowest BCUT2D eigenvalue weighted by Gasteiger charge is -2.31. The molecule has 8 nitrogen and oxygen atoms in total. The van der Waals surface area contributed by atoms with Crippen molar-refractivity contribution in [2.75, 3.05) is 6.54 Å². The Morgan fingerprint density at radius 2 is 1.85 bits per heavy atom. The lowest BCUT2D eigenvalue weighted by molar-refractivity contribution is -0.156. The molecule has 1 aromatic rings. The summed E-state index contributed by atoms with van der Waals surface area (Å²) in [6.07, 6.45) is -2.91. The maximum absolute atomic E-state index is 12.5. The van der Waals surface area contributed by atoms with Crippen LogP contribution in [0.25, 0.3) is 0 Å². The van der Waals surface area contributed by atoms with Gasteiger partial charge >= 0.3 is 18.0 Å². The Balaban J connectivity index is 2.46. The summed E-state index contributed by atoms with van der Waals surface area (Å²) >= 11 is 3.27. The van der Waals surface area contributed by atoms with Crippen LogP contribution in [-0.4, -0.2) is 56.4 Å². The number of aliphatic hydroxyl groups excluding tert-OH is 1. The van der Waals surface area contributed by atoms with Gasteiger partial charge in [-0.3, -0.25) is 9.69 Å². The summed E-state index contributed by atoms with van der Waals surface area (Å²) in [5.74, 6) is -2.74. The number of likely N-dealkylation sites (tertiary alicyclic amines) is 1. The number of carboxylic acids is 2. The van der Waals surface area contributed by atoms with Gasteiger partial charge in [0.05, 0.1) is 6.10 Å². The van der Waals surface area contributed by atoms with Gasteiger partial charge < -0.3 is 20.1 Å². The van der Waals surface area contributed by atoms with Gasteiger partial charge in [0.2, 0.25) is 0 Å². The highest BCUT2D eigenvalue weighted by Gasteiger charge is 2.58. The van der Waals surface area contributed by atoms with E-state index in [0.29, 0.717) is 10.0 Å². The van der Waals surface area contributed by atoms with Crippen molar-refractivity contribution in [1.29, 1.82) is 0 Å². The summed E-state index contributed by atoms with van der Waals surface area (Å²) in [4.78, 5) is 37.1. The molecule has 3 N–H and O–H groups in total. The number of nitrogens with zero attached hydrogens (tertiary/aromatic N) is 1. The van der Waals surface area contributed by atoms with E-state index in [1.54, 1.807) is 45.0 Å². The molecule has 0 aliphatic carbocycles. The number of rotatable bonds is 4. The minimum atomic E-state index is -1.89. The highest BCUT2D eigenvalue weighted by Crippen LogP contribution is 2.47.